The third-order valence-electron chi connectivity index (χ3n) is 2.45. The van der Waals surface area contributed by atoms with E-state index < -0.39 is 11.4 Å². The summed E-state index contributed by atoms with van der Waals surface area (Å²) in [4.78, 5) is 15.3. The zero-order valence-corrected chi connectivity index (χ0v) is 13.4. The van der Waals surface area contributed by atoms with Gasteiger partial charge in [0.1, 0.15) is 7.40 Å². The molecule has 0 spiro atoms. The normalized spacial score (nSPS) is 16.8. The van der Waals surface area contributed by atoms with Gasteiger partial charge in [-0.15, -0.1) is 0 Å². The first-order valence-corrected chi connectivity index (χ1v) is 6.88. The van der Waals surface area contributed by atoms with Crippen molar-refractivity contribution < 1.29 is 4.79 Å². The van der Waals surface area contributed by atoms with Crippen LogP contribution in [0.2, 0.25) is 0 Å². The van der Waals surface area contributed by atoms with Crippen LogP contribution >= 0.6 is 45.2 Å². The molecule has 2 atom stereocenters. The zero-order chi connectivity index (χ0) is 12.5. The number of halogens is 2. The Morgan fingerprint density at radius 2 is 2.25 bits per heavy atom. The van der Waals surface area contributed by atoms with Crippen molar-refractivity contribution in [2.24, 2.45) is 11.5 Å². The number of primary amides is 1. The number of nitrogens with two attached hydrogens (primary N) is 2. The summed E-state index contributed by atoms with van der Waals surface area (Å²) < 4.78 is 3.99. The fourth-order valence-corrected chi connectivity index (χ4v) is 2.59. The predicted octanol–water partition coefficient (Wildman–Crippen LogP) is 1.25. The third-order valence-corrected chi connectivity index (χ3v) is 5.34. The number of hydrogen-bond acceptors (Lipinski definition) is 3. The summed E-state index contributed by atoms with van der Waals surface area (Å²) in [5.74, 6) is -0.482. The summed E-state index contributed by atoms with van der Waals surface area (Å²) in [6.45, 7) is 3.65. The quantitative estimate of drug-likeness (QED) is 0.681. The van der Waals surface area contributed by atoms with Gasteiger partial charge in [0.2, 0.25) is 5.91 Å². The molecule has 0 radical (unpaired) electrons. The maximum Gasteiger partial charge on any atom is 0.237 e. The molecule has 0 saturated carbocycles. The van der Waals surface area contributed by atoms with Crippen LogP contribution < -0.4 is 11.5 Å². The van der Waals surface area contributed by atoms with E-state index in [0.717, 1.165) is 7.40 Å². The van der Waals surface area contributed by atoms with Crippen LogP contribution in [0, 0.1) is 7.40 Å². The molecule has 0 aromatic carbocycles. The molecular formula is C9H14I2N4O. The molecule has 1 amide bonds. The third kappa shape index (κ3) is 3.06. The van der Waals surface area contributed by atoms with Gasteiger partial charge in [-0.05, 0) is 65.5 Å². The fraction of sp³-hybridized carbons (Fsp3) is 0.556. The Morgan fingerprint density at radius 1 is 1.69 bits per heavy atom. The highest BCUT2D eigenvalue weighted by atomic mass is 127. The van der Waals surface area contributed by atoms with Gasteiger partial charge in [-0.3, -0.25) is 4.79 Å². The lowest BCUT2D eigenvalue weighted by atomic mass is 9.94. The van der Waals surface area contributed by atoms with Crippen molar-refractivity contribution in [1.82, 2.24) is 9.55 Å². The molecule has 0 bridgehead atoms. The van der Waals surface area contributed by atoms with E-state index in [0.29, 0.717) is 6.42 Å². The van der Waals surface area contributed by atoms with Crippen molar-refractivity contribution in [3.05, 3.63) is 13.7 Å². The molecule has 1 heterocycles. The number of aromatic nitrogens is 2. The smallest absolute Gasteiger partial charge is 0.237 e. The van der Waals surface area contributed by atoms with Crippen LogP contribution in [0.1, 0.15) is 26.3 Å². The lowest BCUT2D eigenvalue weighted by Gasteiger charge is -2.25. The molecule has 0 aliphatic rings. The average Bonchev–Trinajstić information content (AvgIpc) is 2.46. The maximum absolute atomic E-state index is 11.1. The largest absolute Gasteiger partial charge is 0.368 e. The van der Waals surface area contributed by atoms with Crippen LogP contribution in [-0.2, 0) is 4.79 Å². The van der Waals surface area contributed by atoms with Gasteiger partial charge in [-0.25, -0.2) is 4.98 Å². The summed E-state index contributed by atoms with van der Waals surface area (Å²) >= 11 is 4.39. The van der Waals surface area contributed by atoms with Gasteiger partial charge >= 0.3 is 0 Å². The van der Waals surface area contributed by atoms with Crippen LogP contribution in [-0.4, -0.2) is 21.0 Å². The monoisotopic (exact) mass is 448 g/mol. The van der Waals surface area contributed by atoms with Crippen molar-refractivity contribution in [1.29, 1.82) is 0 Å². The minimum Gasteiger partial charge on any atom is -0.368 e. The Hall–Kier alpha value is 0.100. The number of carbonyl (C=O) groups is 1. The van der Waals surface area contributed by atoms with Crippen LogP contribution in [0.25, 0.3) is 0 Å². The summed E-state index contributed by atoms with van der Waals surface area (Å²) in [7, 11) is 0. The molecule has 1 rings (SSSR count). The number of hydrogen-bond donors (Lipinski definition) is 2. The van der Waals surface area contributed by atoms with Crippen LogP contribution in [0.3, 0.4) is 0 Å². The Bertz CT molecular complexity index is 402. The molecule has 0 aliphatic carbocycles. The highest BCUT2D eigenvalue weighted by molar-refractivity contribution is 14.1. The first-order valence-electron chi connectivity index (χ1n) is 4.72. The topological polar surface area (TPSA) is 86.9 Å². The molecule has 16 heavy (non-hydrogen) atoms. The minimum absolute atomic E-state index is 0.0883. The van der Waals surface area contributed by atoms with E-state index in [-0.39, 0.29) is 6.04 Å². The van der Waals surface area contributed by atoms with Crippen molar-refractivity contribution in [3.8, 4) is 0 Å². The molecule has 4 N–H and O–H groups in total. The van der Waals surface area contributed by atoms with E-state index in [4.69, 9.17) is 11.5 Å². The molecule has 1 aromatic rings. The maximum atomic E-state index is 11.1. The molecule has 2 unspecified atom stereocenters. The molecule has 5 nitrogen and oxygen atoms in total. The van der Waals surface area contributed by atoms with Crippen LogP contribution in [0.5, 0.6) is 0 Å². The summed E-state index contributed by atoms with van der Waals surface area (Å²) in [5, 5.41) is 0. The van der Waals surface area contributed by atoms with Crippen molar-refractivity contribution in [2.45, 2.75) is 31.8 Å². The van der Waals surface area contributed by atoms with Gasteiger partial charge in [-0.2, -0.15) is 0 Å². The zero-order valence-electron chi connectivity index (χ0n) is 9.08. The van der Waals surface area contributed by atoms with Crippen LogP contribution in [0.4, 0.5) is 0 Å². The lowest BCUT2D eigenvalue weighted by Crippen LogP contribution is -2.50. The number of imidazole rings is 1. The second-order valence-corrected chi connectivity index (χ2v) is 6.11. The van der Waals surface area contributed by atoms with E-state index in [9.17, 15) is 4.79 Å². The molecule has 90 valence electrons. The molecule has 0 fully saturated rings. The number of amides is 1. The van der Waals surface area contributed by atoms with Gasteiger partial charge in [-0.1, -0.05) is 0 Å². The molecular weight excluding hydrogens is 434 g/mol. The van der Waals surface area contributed by atoms with Gasteiger partial charge in [0, 0.05) is 6.04 Å². The lowest BCUT2D eigenvalue weighted by molar-refractivity contribution is -0.123. The Balaban J connectivity index is 2.84. The summed E-state index contributed by atoms with van der Waals surface area (Å²) in [5.41, 5.74) is 10.1. The van der Waals surface area contributed by atoms with Crippen molar-refractivity contribution in [2.75, 3.05) is 0 Å². The van der Waals surface area contributed by atoms with Crippen LogP contribution in [0.15, 0.2) is 6.33 Å². The highest BCUT2D eigenvalue weighted by Crippen LogP contribution is 2.23. The Morgan fingerprint density at radius 3 is 2.62 bits per heavy atom. The average molecular weight is 448 g/mol. The van der Waals surface area contributed by atoms with E-state index in [1.807, 2.05) is 11.5 Å². The van der Waals surface area contributed by atoms with Gasteiger partial charge in [0.05, 0.1) is 11.9 Å². The summed E-state index contributed by atoms with van der Waals surface area (Å²) in [6, 6.07) is 0.0883. The number of nitrogens with zero attached hydrogens (tertiary/aromatic N) is 2. The highest BCUT2D eigenvalue weighted by Gasteiger charge is 2.29. The van der Waals surface area contributed by atoms with E-state index >= 15 is 0 Å². The molecule has 1 aromatic heterocycles. The number of rotatable bonds is 4. The summed E-state index contributed by atoms with van der Waals surface area (Å²) in [6.07, 6.45) is 2.25. The molecule has 0 saturated heterocycles. The SMILES string of the molecule is CC(CC(C)(N)C(N)=O)n1cnc(I)c1I. The first-order chi connectivity index (χ1) is 7.25. The second kappa shape index (κ2) is 5.17. The number of carbonyl (C=O) groups excluding carboxylic acids is 1. The van der Waals surface area contributed by atoms with E-state index in [1.54, 1.807) is 13.3 Å². The Kier molecular flexibility index (Phi) is 4.57. The van der Waals surface area contributed by atoms with E-state index in [1.165, 1.54) is 0 Å². The molecule has 0 aliphatic heterocycles. The van der Waals surface area contributed by atoms with E-state index in [2.05, 4.69) is 50.2 Å². The van der Waals surface area contributed by atoms with Gasteiger partial charge < -0.3 is 16.0 Å². The second-order valence-electron chi connectivity index (χ2n) is 4.07. The molecule has 7 heteroatoms. The fourth-order valence-electron chi connectivity index (χ4n) is 1.44. The minimum atomic E-state index is -0.988. The first kappa shape index (κ1) is 14.2. The predicted molar refractivity (Wildman–Crippen MR) is 78.8 cm³/mol. The van der Waals surface area contributed by atoms with Gasteiger partial charge in [0.25, 0.3) is 0 Å². The van der Waals surface area contributed by atoms with Crippen molar-refractivity contribution >= 4 is 51.1 Å². The standard InChI is InChI=1S/C9H14I2N4O/c1-5(3-9(2,13)8(12)16)15-4-14-6(10)7(15)11/h4-5H,3,13H2,1-2H3,(H2,12,16). The van der Waals surface area contributed by atoms with Gasteiger partial charge in [0.15, 0.2) is 0 Å². The van der Waals surface area contributed by atoms with Crippen molar-refractivity contribution in [3.63, 3.8) is 0 Å². The Labute approximate surface area is 122 Å².